The summed E-state index contributed by atoms with van der Waals surface area (Å²) in [5.74, 6) is 3.01. The van der Waals surface area contributed by atoms with Gasteiger partial charge in [-0.15, -0.1) is 0 Å². The number of nitrogens with one attached hydrogen (secondary N) is 1. The minimum absolute atomic E-state index is 0.209. The van der Waals surface area contributed by atoms with E-state index < -0.39 is 0 Å². The molecule has 0 aliphatic carbocycles. The van der Waals surface area contributed by atoms with Gasteiger partial charge < -0.3 is 23.9 Å². The van der Waals surface area contributed by atoms with Crippen LogP contribution in [0, 0.1) is 6.92 Å². The van der Waals surface area contributed by atoms with E-state index in [4.69, 9.17) is 18.9 Å². The third-order valence-electron chi connectivity index (χ3n) is 5.32. The smallest absolute Gasteiger partial charge is 0.258 e. The van der Waals surface area contributed by atoms with Crippen molar-refractivity contribution in [2.75, 3.05) is 35.0 Å². The lowest BCUT2D eigenvalue weighted by atomic mass is 10.1. The molecule has 0 fully saturated rings. The highest BCUT2D eigenvalue weighted by molar-refractivity contribution is 5.81. The predicted octanol–water partition coefficient (Wildman–Crippen LogP) is 3.29. The van der Waals surface area contributed by atoms with Crippen LogP contribution in [-0.4, -0.2) is 49.9 Å². The number of aromatic nitrogens is 2. The number of methoxy groups -OCH3 is 4. The Balaban J connectivity index is 1.90. The van der Waals surface area contributed by atoms with Crippen molar-refractivity contribution in [3.05, 3.63) is 51.6 Å². The monoisotopic (exact) mass is 427 g/mol. The molecule has 0 amide bonds. The number of hydrogen-bond donors (Lipinski definition) is 1. The Bertz CT molecular complexity index is 1130. The number of ether oxygens (including phenoxy) is 4. The molecule has 1 heterocycles. The molecule has 0 saturated heterocycles. The standard InChI is InChI=1S/C23H29N3O5/c1-7-26(12-15-9-19(29-4)18(28-3)8-14(15)2)13-22-24-17-11-21(31-6)20(30-5)10-16(17)23(27)25-22/h8-11H,7,12-13H2,1-6H3,(H,24,25,27). The Hall–Kier alpha value is -3.26. The lowest BCUT2D eigenvalue weighted by Crippen LogP contribution is -2.25. The van der Waals surface area contributed by atoms with Crippen LogP contribution in [0.4, 0.5) is 0 Å². The van der Waals surface area contributed by atoms with E-state index in [9.17, 15) is 4.79 Å². The summed E-state index contributed by atoms with van der Waals surface area (Å²) in [5, 5.41) is 0.459. The first-order valence-electron chi connectivity index (χ1n) is 10.0. The highest BCUT2D eigenvalue weighted by Gasteiger charge is 2.15. The Kier molecular flexibility index (Phi) is 7.02. The molecule has 0 unspecified atom stereocenters. The highest BCUT2D eigenvalue weighted by Crippen LogP contribution is 2.31. The highest BCUT2D eigenvalue weighted by atomic mass is 16.5. The quantitative estimate of drug-likeness (QED) is 0.561. The Morgan fingerprint density at radius 2 is 1.45 bits per heavy atom. The van der Waals surface area contributed by atoms with E-state index >= 15 is 0 Å². The zero-order chi connectivity index (χ0) is 22.5. The fourth-order valence-corrected chi connectivity index (χ4v) is 3.51. The lowest BCUT2D eigenvalue weighted by Gasteiger charge is -2.22. The van der Waals surface area contributed by atoms with Gasteiger partial charge in [-0.1, -0.05) is 6.92 Å². The van der Waals surface area contributed by atoms with Crippen LogP contribution in [0.1, 0.15) is 23.9 Å². The summed E-state index contributed by atoms with van der Waals surface area (Å²) in [7, 11) is 6.35. The van der Waals surface area contributed by atoms with Crippen molar-refractivity contribution >= 4 is 10.9 Å². The van der Waals surface area contributed by atoms with Crippen LogP contribution in [-0.2, 0) is 13.1 Å². The summed E-state index contributed by atoms with van der Waals surface area (Å²) in [4.78, 5) is 22.4. The molecule has 0 saturated carbocycles. The van der Waals surface area contributed by atoms with Crippen LogP contribution in [0.25, 0.3) is 10.9 Å². The maximum atomic E-state index is 12.7. The molecule has 0 atom stereocenters. The van der Waals surface area contributed by atoms with Crippen molar-refractivity contribution in [1.29, 1.82) is 0 Å². The van der Waals surface area contributed by atoms with E-state index in [1.54, 1.807) is 33.5 Å². The van der Waals surface area contributed by atoms with Crippen LogP contribution in [0.3, 0.4) is 0 Å². The second-order valence-electron chi connectivity index (χ2n) is 7.17. The molecule has 8 heteroatoms. The largest absolute Gasteiger partial charge is 0.493 e. The van der Waals surface area contributed by atoms with E-state index in [2.05, 4.69) is 21.8 Å². The molecule has 0 radical (unpaired) electrons. The molecule has 8 nitrogen and oxygen atoms in total. The van der Waals surface area contributed by atoms with Gasteiger partial charge in [-0.3, -0.25) is 9.69 Å². The van der Waals surface area contributed by atoms with Crippen LogP contribution in [0.2, 0.25) is 0 Å². The molecule has 0 bridgehead atoms. The molecule has 0 aliphatic rings. The summed E-state index contributed by atoms with van der Waals surface area (Å²) in [6.45, 7) is 6.06. The fraction of sp³-hybridized carbons (Fsp3) is 0.391. The number of aromatic amines is 1. The molecule has 3 aromatic rings. The first kappa shape index (κ1) is 22.4. The summed E-state index contributed by atoms with van der Waals surface area (Å²) in [6, 6.07) is 7.33. The maximum Gasteiger partial charge on any atom is 0.258 e. The minimum atomic E-state index is -0.209. The van der Waals surface area contributed by atoms with Crippen molar-refractivity contribution < 1.29 is 18.9 Å². The molecule has 31 heavy (non-hydrogen) atoms. The Morgan fingerprint density at radius 3 is 2.06 bits per heavy atom. The van der Waals surface area contributed by atoms with Gasteiger partial charge in [-0.2, -0.15) is 0 Å². The van der Waals surface area contributed by atoms with Crippen molar-refractivity contribution in [1.82, 2.24) is 14.9 Å². The molecule has 1 aromatic heterocycles. The zero-order valence-corrected chi connectivity index (χ0v) is 18.9. The molecule has 1 N–H and O–H groups in total. The number of benzene rings is 2. The van der Waals surface area contributed by atoms with Gasteiger partial charge in [0.05, 0.1) is 45.9 Å². The molecule has 3 rings (SSSR count). The van der Waals surface area contributed by atoms with E-state index in [-0.39, 0.29) is 5.56 Å². The van der Waals surface area contributed by atoms with Crippen molar-refractivity contribution in [2.24, 2.45) is 0 Å². The van der Waals surface area contributed by atoms with Crippen LogP contribution >= 0.6 is 0 Å². The molecular weight excluding hydrogens is 398 g/mol. The van der Waals surface area contributed by atoms with E-state index in [0.717, 1.165) is 17.7 Å². The summed E-state index contributed by atoms with van der Waals surface area (Å²) in [5.41, 5.74) is 2.58. The van der Waals surface area contributed by atoms with Gasteiger partial charge in [0.1, 0.15) is 5.82 Å². The third-order valence-corrected chi connectivity index (χ3v) is 5.32. The Labute approximate surface area is 181 Å². The number of hydrogen-bond acceptors (Lipinski definition) is 7. The molecule has 0 aliphatic heterocycles. The number of aryl methyl sites for hydroxylation is 1. The van der Waals surface area contributed by atoms with Gasteiger partial charge in [0.25, 0.3) is 5.56 Å². The topological polar surface area (TPSA) is 85.9 Å². The van der Waals surface area contributed by atoms with Crippen LogP contribution < -0.4 is 24.5 Å². The minimum Gasteiger partial charge on any atom is -0.493 e. The number of H-pyrrole nitrogens is 1. The van der Waals surface area contributed by atoms with E-state index in [1.807, 2.05) is 19.1 Å². The zero-order valence-electron chi connectivity index (χ0n) is 18.9. The summed E-state index contributed by atoms with van der Waals surface area (Å²) >= 11 is 0. The van der Waals surface area contributed by atoms with Gasteiger partial charge in [0.15, 0.2) is 23.0 Å². The van der Waals surface area contributed by atoms with Crippen LogP contribution in [0.15, 0.2) is 29.1 Å². The van der Waals surface area contributed by atoms with Gasteiger partial charge in [0, 0.05) is 12.6 Å². The van der Waals surface area contributed by atoms with E-state index in [1.165, 1.54) is 7.11 Å². The fourth-order valence-electron chi connectivity index (χ4n) is 3.51. The number of fused-ring (bicyclic) bond motifs is 1. The maximum absolute atomic E-state index is 12.7. The lowest BCUT2D eigenvalue weighted by molar-refractivity contribution is 0.263. The Morgan fingerprint density at radius 1 is 0.871 bits per heavy atom. The van der Waals surface area contributed by atoms with Crippen molar-refractivity contribution in [3.63, 3.8) is 0 Å². The normalized spacial score (nSPS) is 11.1. The number of nitrogens with zero attached hydrogens (tertiary/aromatic N) is 2. The third kappa shape index (κ3) is 4.74. The average molecular weight is 428 g/mol. The predicted molar refractivity (Wildman–Crippen MR) is 120 cm³/mol. The van der Waals surface area contributed by atoms with Crippen molar-refractivity contribution in [2.45, 2.75) is 26.9 Å². The summed E-state index contributed by atoms with van der Waals surface area (Å²) in [6.07, 6.45) is 0. The second kappa shape index (κ2) is 9.70. The van der Waals surface area contributed by atoms with Gasteiger partial charge in [0.2, 0.25) is 0 Å². The first-order chi connectivity index (χ1) is 14.9. The average Bonchev–Trinajstić information content (AvgIpc) is 2.78. The van der Waals surface area contributed by atoms with Crippen LogP contribution in [0.5, 0.6) is 23.0 Å². The second-order valence-corrected chi connectivity index (χ2v) is 7.17. The molecular formula is C23H29N3O5. The SMILES string of the molecule is CCN(Cc1nc2cc(OC)c(OC)cc2c(=O)[nH]1)Cc1cc(OC)c(OC)cc1C. The first-order valence-corrected chi connectivity index (χ1v) is 10.0. The summed E-state index contributed by atoms with van der Waals surface area (Å²) < 4.78 is 21.5. The molecule has 0 spiro atoms. The number of rotatable bonds is 9. The molecule has 166 valence electrons. The van der Waals surface area contributed by atoms with Crippen molar-refractivity contribution in [3.8, 4) is 23.0 Å². The van der Waals surface area contributed by atoms with Gasteiger partial charge in [-0.05, 0) is 42.8 Å². The van der Waals surface area contributed by atoms with Gasteiger partial charge in [-0.25, -0.2) is 4.98 Å². The molecule has 2 aromatic carbocycles. The van der Waals surface area contributed by atoms with Gasteiger partial charge >= 0.3 is 0 Å². The van der Waals surface area contributed by atoms with E-state index in [0.29, 0.717) is 52.8 Å².